The number of anilines is 1. The Balaban J connectivity index is 1.48. The van der Waals surface area contributed by atoms with Gasteiger partial charge in [0.25, 0.3) is 5.91 Å². The van der Waals surface area contributed by atoms with Crippen molar-refractivity contribution < 1.29 is 24.2 Å². The van der Waals surface area contributed by atoms with Crippen molar-refractivity contribution in [3.05, 3.63) is 53.0 Å². The average Bonchev–Trinajstić information content (AvgIpc) is 3.30. The zero-order chi connectivity index (χ0) is 27.1. The van der Waals surface area contributed by atoms with Crippen molar-refractivity contribution in [3.63, 3.8) is 0 Å². The van der Waals surface area contributed by atoms with Crippen LogP contribution in [0.3, 0.4) is 0 Å². The maximum atomic E-state index is 13.1. The minimum atomic E-state index is -1.21. The Morgan fingerprint density at radius 3 is 2.63 bits per heavy atom. The molecular formula is C28H33N5O5. The molecule has 2 aliphatic rings. The normalized spacial score (nSPS) is 20.2. The quantitative estimate of drug-likeness (QED) is 0.357. The molecule has 0 bridgehead atoms. The van der Waals surface area contributed by atoms with Crippen LogP contribution in [0.15, 0.2) is 30.3 Å². The number of fused-ring (bicyclic) bond motifs is 1. The summed E-state index contributed by atoms with van der Waals surface area (Å²) >= 11 is 0. The number of hydrogen-bond donors (Lipinski definition) is 3. The predicted molar refractivity (Wildman–Crippen MR) is 140 cm³/mol. The average molecular weight is 520 g/mol. The Morgan fingerprint density at radius 1 is 1.13 bits per heavy atom. The minimum absolute atomic E-state index is 0.0148. The molecule has 2 heterocycles. The predicted octanol–water partition coefficient (Wildman–Crippen LogP) is 2.05. The van der Waals surface area contributed by atoms with E-state index in [2.05, 4.69) is 26.4 Å². The largest absolute Gasteiger partial charge is 0.472 e. The fourth-order valence-electron chi connectivity index (χ4n) is 5.36. The SMILES string of the molecule is COCCNC(=O)[C@@H]1C[C@@H]2CCCC[C@@H]2N1c1cc(CNC(=O)c2ccc(C#CC(=O)O)cc2)nc(C)n1. The highest BCUT2D eigenvalue weighted by Gasteiger charge is 2.45. The first-order valence-corrected chi connectivity index (χ1v) is 12.9. The molecule has 3 N–H and O–H groups in total. The van der Waals surface area contributed by atoms with Crippen molar-refractivity contribution in [3.8, 4) is 11.8 Å². The molecule has 3 atom stereocenters. The molecule has 10 heteroatoms. The number of benzene rings is 1. The van der Waals surface area contributed by atoms with Gasteiger partial charge >= 0.3 is 5.97 Å². The summed E-state index contributed by atoms with van der Waals surface area (Å²) in [6.07, 6.45) is 5.24. The minimum Gasteiger partial charge on any atom is -0.472 e. The molecule has 4 rings (SSSR count). The number of carbonyl (C=O) groups excluding carboxylic acids is 2. The summed E-state index contributed by atoms with van der Waals surface area (Å²) in [4.78, 5) is 47.8. The Hall–Kier alpha value is -3.97. The van der Waals surface area contributed by atoms with Crippen LogP contribution >= 0.6 is 0 Å². The number of aromatic nitrogens is 2. The van der Waals surface area contributed by atoms with Gasteiger partial charge in [0.2, 0.25) is 5.91 Å². The fraction of sp³-hybridized carbons (Fsp3) is 0.464. The first-order chi connectivity index (χ1) is 18.4. The zero-order valence-corrected chi connectivity index (χ0v) is 21.7. The summed E-state index contributed by atoms with van der Waals surface area (Å²) in [6, 6.07) is 8.20. The number of carboxylic acids is 1. The third kappa shape index (κ3) is 6.66. The number of carboxylic acid groups (broad SMARTS) is 1. The lowest BCUT2D eigenvalue weighted by molar-refractivity contribution is -0.130. The molecular weight excluding hydrogens is 486 g/mol. The van der Waals surface area contributed by atoms with Gasteiger partial charge in [-0.25, -0.2) is 14.8 Å². The van der Waals surface area contributed by atoms with Crippen LogP contribution in [-0.2, 0) is 20.9 Å². The molecule has 2 fully saturated rings. The smallest absolute Gasteiger partial charge is 0.382 e. The molecule has 200 valence electrons. The number of nitrogens with zero attached hydrogens (tertiary/aromatic N) is 3. The molecule has 0 spiro atoms. The number of carbonyl (C=O) groups is 3. The van der Waals surface area contributed by atoms with Gasteiger partial charge in [-0.1, -0.05) is 18.8 Å². The lowest BCUT2D eigenvalue weighted by atomic mass is 9.84. The fourth-order valence-corrected chi connectivity index (χ4v) is 5.36. The van der Waals surface area contributed by atoms with Crippen LogP contribution in [0.25, 0.3) is 0 Å². The molecule has 2 amide bonds. The third-order valence-electron chi connectivity index (χ3n) is 7.03. The van der Waals surface area contributed by atoms with Crippen molar-refractivity contribution >= 4 is 23.6 Å². The first kappa shape index (κ1) is 27.1. The van der Waals surface area contributed by atoms with Crippen LogP contribution in [0.1, 0.15) is 59.5 Å². The van der Waals surface area contributed by atoms with Crippen molar-refractivity contribution in [2.24, 2.45) is 5.92 Å². The third-order valence-corrected chi connectivity index (χ3v) is 7.03. The van der Waals surface area contributed by atoms with E-state index in [1.54, 1.807) is 31.4 Å². The first-order valence-electron chi connectivity index (χ1n) is 12.9. The number of hydrogen-bond acceptors (Lipinski definition) is 7. The van der Waals surface area contributed by atoms with Gasteiger partial charge in [-0.15, -0.1) is 0 Å². The van der Waals surface area contributed by atoms with Gasteiger partial charge in [0.1, 0.15) is 17.7 Å². The molecule has 1 saturated heterocycles. The van der Waals surface area contributed by atoms with Crippen molar-refractivity contribution in [2.75, 3.05) is 25.2 Å². The zero-order valence-electron chi connectivity index (χ0n) is 21.7. The second kappa shape index (κ2) is 12.5. The number of aryl methyl sites for hydroxylation is 1. The Bertz CT molecular complexity index is 1240. The van der Waals surface area contributed by atoms with E-state index in [0.717, 1.165) is 25.7 Å². The summed E-state index contributed by atoms with van der Waals surface area (Å²) in [5, 5.41) is 14.6. The summed E-state index contributed by atoms with van der Waals surface area (Å²) in [6.45, 7) is 2.93. The highest BCUT2D eigenvalue weighted by Crippen LogP contribution is 2.42. The maximum absolute atomic E-state index is 13.1. The summed E-state index contributed by atoms with van der Waals surface area (Å²) in [5.41, 5.74) is 1.59. The van der Waals surface area contributed by atoms with Crippen LogP contribution in [0, 0.1) is 24.7 Å². The topological polar surface area (TPSA) is 134 Å². The van der Waals surface area contributed by atoms with Crippen LogP contribution in [-0.4, -0.2) is 65.2 Å². The highest BCUT2D eigenvalue weighted by molar-refractivity contribution is 5.94. The van der Waals surface area contributed by atoms with Crippen molar-refractivity contribution in [1.29, 1.82) is 0 Å². The van der Waals surface area contributed by atoms with Crippen molar-refractivity contribution in [1.82, 2.24) is 20.6 Å². The Labute approximate surface area is 222 Å². The van der Waals surface area contributed by atoms with Gasteiger partial charge in [0.05, 0.1) is 18.8 Å². The number of amides is 2. The molecule has 0 unspecified atom stereocenters. The van der Waals surface area contributed by atoms with Gasteiger partial charge < -0.3 is 25.4 Å². The van der Waals surface area contributed by atoms with Crippen LogP contribution in [0.5, 0.6) is 0 Å². The molecule has 1 aromatic heterocycles. The van der Waals surface area contributed by atoms with Crippen LogP contribution in [0.4, 0.5) is 5.82 Å². The van der Waals surface area contributed by atoms with E-state index in [9.17, 15) is 14.4 Å². The molecule has 2 aromatic rings. The Kier molecular flexibility index (Phi) is 8.92. The summed E-state index contributed by atoms with van der Waals surface area (Å²) in [5.74, 6) is 4.78. The number of methoxy groups -OCH3 is 1. The summed E-state index contributed by atoms with van der Waals surface area (Å²) < 4.78 is 5.09. The van der Waals surface area contributed by atoms with Gasteiger partial charge in [0.15, 0.2) is 0 Å². The number of ether oxygens (including phenoxy) is 1. The van der Waals surface area contributed by atoms with Gasteiger partial charge in [-0.2, -0.15) is 0 Å². The number of rotatable bonds is 8. The second-order valence-electron chi connectivity index (χ2n) is 9.63. The van der Waals surface area contributed by atoms with Gasteiger partial charge in [-0.3, -0.25) is 9.59 Å². The molecule has 0 radical (unpaired) electrons. The van der Waals surface area contributed by atoms with Gasteiger partial charge in [-0.05, 0) is 56.4 Å². The molecule has 38 heavy (non-hydrogen) atoms. The van der Waals surface area contributed by atoms with E-state index in [1.807, 2.05) is 18.9 Å². The van der Waals surface area contributed by atoms with E-state index in [1.165, 1.54) is 6.42 Å². The maximum Gasteiger partial charge on any atom is 0.382 e. The van der Waals surface area contributed by atoms with E-state index in [0.29, 0.717) is 47.5 Å². The van der Waals surface area contributed by atoms with E-state index < -0.39 is 5.97 Å². The van der Waals surface area contributed by atoms with Crippen LogP contribution in [0.2, 0.25) is 0 Å². The van der Waals surface area contributed by atoms with E-state index in [4.69, 9.17) is 14.8 Å². The number of nitrogens with one attached hydrogen (secondary N) is 2. The Morgan fingerprint density at radius 2 is 1.89 bits per heavy atom. The molecule has 1 saturated carbocycles. The summed E-state index contributed by atoms with van der Waals surface area (Å²) in [7, 11) is 1.61. The molecule has 1 aliphatic heterocycles. The van der Waals surface area contributed by atoms with Crippen LogP contribution < -0.4 is 15.5 Å². The molecule has 10 nitrogen and oxygen atoms in total. The highest BCUT2D eigenvalue weighted by atomic mass is 16.5. The monoisotopic (exact) mass is 519 g/mol. The van der Waals surface area contributed by atoms with Gasteiger partial charge in [0, 0.05) is 42.8 Å². The standard InChI is InChI=1S/C28H33N5O5/c1-18-31-22(17-30-27(36)20-10-7-19(8-11-20)9-12-26(34)35)16-25(32-18)33-23-6-4-3-5-21(23)15-24(33)28(37)29-13-14-38-2/h7-8,10-11,16,21,23-24H,3-6,13-15,17H2,1-2H3,(H,29,37)(H,30,36)(H,34,35)/t21-,23-,24-/m0/s1. The van der Waals surface area contributed by atoms with E-state index >= 15 is 0 Å². The van der Waals surface area contributed by atoms with E-state index in [-0.39, 0.29) is 30.4 Å². The number of aliphatic carboxylic acids is 1. The lowest BCUT2D eigenvalue weighted by Crippen LogP contribution is -2.48. The molecule has 1 aromatic carbocycles. The molecule has 1 aliphatic carbocycles. The van der Waals surface area contributed by atoms with Crippen molar-refractivity contribution in [2.45, 2.75) is 57.7 Å². The second-order valence-corrected chi connectivity index (χ2v) is 9.63. The lowest BCUT2D eigenvalue weighted by Gasteiger charge is -2.34.